The van der Waals surface area contributed by atoms with Gasteiger partial charge in [0.15, 0.2) is 0 Å². The Morgan fingerprint density at radius 3 is 2.70 bits per heavy atom. The number of hydrogen-bond acceptors (Lipinski definition) is 7. The van der Waals surface area contributed by atoms with Crippen molar-refractivity contribution in [3.63, 3.8) is 0 Å². The zero-order chi connectivity index (χ0) is 14.5. The van der Waals surface area contributed by atoms with Gasteiger partial charge in [-0.1, -0.05) is 23.2 Å². The maximum atomic E-state index is 5.96. The van der Waals surface area contributed by atoms with Crippen molar-refractivity contribution in [3.05, 3.63) is 28.2 Å². The molecule has 20 heavy (non-hydrogen) atoms. The lowest BCUT2D eigenvalue weighted by Crippen LogP contribution is -2.12. The first-order valence-corrected chi connectivity index (χ1v) is 7.18. The second-order valence-corrected chi connectivity index (χ2v) is 5.33. The van der Waals surface area contributed by atoms with E-state index in [1.54, 1.807) is 12.1 Å². The average Bonchev–Trinajstić information content (AvgIpc) is 2.43. The lowest BCUT2D eigenvalue weighted by molar-refractivity contribution is 0.308. The Bertz CT molecular complexity index is 613. The van der Waals surface area contributed by atoms with E-state index in [1.807, 2.05) is 13.0 Å². The smallest absolute Gasteiger partial charge is 0.322 e. The van der Waals surface area contributed by atoms with Crippen LogP contribution < -0.4 is 16.0 Å². The molecule has 2 rings (SSSR count). The number of benzene rings is 1. The molecular weight excluding hydrogens is 321 g/mol. The van der Waals surface area contributed by atoms with Crippen molar-refractivity contribution in [3.8, 4) is 6.01 Å². The SMILES string of the molecule is CCOc1nc(NN)nc(Sc2ccc(Cl)c(Cl)c2)n1. The molecule has 0 fully saturated rings. The summed E-state index contributed by atoms with van der Waals surface area (Å²) in [6.07, 6.45) is 0. The van der Waals surface area contributed by atoms with Gasteiger partial charge in [0.25, 0.3) is 0 Å². The van der Waals surface area contributed by atoms with E-state index in [0.29, 0.717) is 21.8 Å². The van der Waals surface area contributed by atoms with Gasteiger partial charge in [0.2, 0.25) is 11.1 Å². The van der Waals surface area contributed by atoms with Gasteiger partial charge in [-0.25, -0.2) is 5.84 Å². The van der Waals surface area contributed by atoms with Crippen molar-refractivity contribution in [1.82, 2.24) is 15.0 Å². The molecule has 9 heteroatoms. The maximum absolute atomic E-state index is 5.96. The second kappa shape index (κ2) is 6.94. The van der Waals surface area contributed by atoms with Crippen molar-refractivity contribution in [2.45, 2.75) is 17.0 Å². The lowest BCUT2D eigenvalue weighted by Gasteiger charge is -2.06. The van der Waals surface area contributed by atoms with E-state index in [9.17, 15) is 0 Å². The Morgan fingerprint density at radius 1 is 1.25 bits per heavy atom. The van der Waals surface area contributed by atoms with Crippen LogP contribution in [0.3, 0.4) is 0 Å². The zero-order valence-electron chi connectivity index (χ0n) is 10.4. The third kappa shape index (κ3) is 3.86. The molecule has 3 N–H and O–H groups in total. The molecule has 0 saturated carbocycles. The van der Waals surface area contributed by atoms with Gasteiger partial charge in [0.1, 0.15) is 0 Å². The van der Waals surface area contributed by atoms with Crippen LogP contribution in [0, 0.1) is 0 Å². The minimum absolute atomic E-state index is 0.206. The molecular formula is C11H11Cl2N5OS. The summed E-state index contributed by atoms with van der Waals surface area (Å²) < 4.78 is 5.25. The van der Waals surface area contributed by atoms with Crippen molar-refractivity contribution < 1.29 is 4.74 Å². The highest BCUT2D eigenvalue weighted by Gasteiger charge is 2.09. The number of rotatable bonds is 5. The Kier molecular flexibility index (Phi) is 5.24. The van der Waals surface area contributed by atoms with Crippen LogP contribution in [-0.4, -0.2) is 21.6 Å². The van der Waals surface area contributed by atoms with Gasteiger partial charge >= 0.3 is 6.01 Å². The van der Waals surface area contributed by atoms with Gasteiger partial charge in [-0.2, -0.15) is 15.0 Å². The Balaban J connectivity index is 2.27. The van der Waals surface area contributed by atoms with Crippen LogP contribution in [0.25, 0.3) is 0 Å². The molecule has 0 amide bonds. The quantitative estimate of drug-likeness (QED) is 0.643. The van der Waals surface area contributed by atoms with E-state index >= 15 is 0 Å². The number of anilines is 1. The molecule has 0 bridgehead atoms. The molecule has 0 radical (unpaired) electrons. The Morgan fingerprint density at radius 2 is 2.05 bits per heavy atom. The highest BCUT2D eigenvalue weighted by molar-refractivity contribution is 7.99. The number of aromatic nitrogens is 3. The summed E-state index contributed by atoms with van der Waals surface area (Å²) in [5.41, 5.74) is 2.37. The van der Waals surface area contributed by atoms with Crippen molar-refractivity contribution in [2.24, 2.45) is 5.84 Å². The standard InChI is InChI=1S/C11H11Cl2N5OS/c1-2-19-10-15-9(18-14)16-11(17-10)20-6-3-4-7(12)8(13)5-6/h3-5H,2,14H2,1H3,(H,15,16,17,18). The molecule has 1 aromatic heterocycles. The molecule has 0 aliphatic heterocycles. The van der Waals surface area contributed by atoms with Gasteiger partial charge in [0.05, 0.1) is 16.7 Å². The number of halogens is 2. The van der Waals surface area contributed by atoms with E-state index in [4.69, 9.17) is 33.8 Å². The number of nitrogen functional groups attached to an aromatic ring is 1. The molecule has 106 valence electrons. The molecule has 1 heterocycles. The van der Waals surface area contributed by atoms with Gasteiger partial charge in [-0.3, -0.25) is 5.43 Å². The predicted octanol–water partition coefficient (Wildman–Crippen LogP) is 3.01. The van der Waals surface area contributed by atoms with Gasteiger partial charge in [-0.15, -0.1) is 0 Å². The molecule has 0 saturated heterocycles. The minimum atomic E-state index is 0.206. The van der Waals surface area contributed by atoms with E-state index in [1.165, 1.54) is 11.8 Å². The molecule has 6 nitrogen and oxygen atoms in total. The molecule has 0 aliphatic rings. The van der Waals surface area contributed by atoms with E-state index in [0.717, 1.165) is 4.90 Å². The average molecular weight is 332 g/mol. The number of nitrogens with zero attached hydrogens (tertiary/aromatic N) is 3. The molecule has 0 spiro atoms. The third-order valence-electron chi connectivity index (χ3n) is 2.10. The second-order valence-electron chi connectivity index (χ2n) is 3.48. The van der Waals surface area contributed by atoms with Crippen LogP contribution >= 0.6 is 35.0 Å². The number of hydrogen-bond donors (Lipinski definition) is 2. The van der Waals surface area contributed by atoms with Crippen LogP contribution in [0.2, 0.25) is 10.0 Å². The summed E-state index contributed by atoms with van der Waals surface area (Å²) in [5.74, 6) is 5.54. The lowest BCUT2D eigenvalue weighted by atomic mass is 10.4. The van der Waals surface area contributed by atoms with Crippen LogP contribution in [0.1, 0.15) is 6.92 Å². The van der Waals surface area contributed by atoms with Crippen LogP contribution in [-0.2, 0) is 0 Å². The first kappa shape index (κ1) is 15.1. The van der Waals surface area contributed by atoms with Gasteiger partial charge < -0.3 is 4.74 Å². The number of nitrogens with one attached hydrogen (secondary N) is 1. The summed E-state index contributed by atoms with van der Waals surface area (Å²) in [5, 5.41) is 1.40. The van der Waals surface area contributed by atoms with Crippen LogP contribution in [0.5, 0.6) is 6.01 Å². The number of ether oxygens (including phenoxy) is 1. The fourth-order valence-corrected chi connectivity index (χ4v) is 2.43. The summed E-state index contributed by atoms with van der Waals surface area (Å²) in [6.45, 7) is 2.29. The molecule has 0 unspecified atom stereocenters. The molecule has 1 aromatic carbocycles. The predicted molar refractivity (Wildman–Crippen MR) is 79.4 cm³/mol. The van der Waals surface area contributed by atoms with Crippen molar-refractivity contribution >= 4 is 40.9 Å². The van der Waals surface area contributed by atoms with Crippen molar-refractivity contribution in [1.29, 1.82) is 0 Å². The number of nitrogens with two attached hydrogens (primary N) is 1. The molecule has 2 aromatic rings. The van der Waals surface area contributed by atoms with Crippen LogP contribution in [0.4, 0.5) is 5.95 Å². The third-order valence-corrected chi connectivity index (χ3v) is 3.69. The Labute approximate surface area is 130 Å². The highest BCUT2D eigenvalue weighted by atomic mass is 35.5. The minimum Gasteiger partial charge on any atom is -0.464 e. The van der Waals surface area contributed by atoms with Crippen molar-refractivity contribution in [2.75, 3.05) is 12.0 Å². The first-order valence-electron chi connectivity index (χ1n) is 5.60. The van der Waals surface area contributed by atoms with Gasteiger partial charge in [-0.05, 0) is 36.9 Å². The Hall–Kier alpha value is -1.28. The van der Waals surface area contributed by atoms with Gasteiger partial charge in [0, 0.05) is 4.90 Å². The topological polar surface area (TPSA) is 86.0 Å². The highest BCUT2D eigenvalue weighted by Crippen LogP contribution is 2.31. The van der Waals surface area contributed by atoms with E-state index < -0.39 is 0 Å². The first-order chi connectivity index (χ1) is 9.62. The molecule has 0 atom stereocenters. The van der Waals surface area contributed by atoms with E-state index in [-0.39, 0.29) is 12.0 Å². The maximum Gasteiger partial charge on any atom is 0.322 e. The summed E-state index contributed by atoms with van der Waals surface area (Å²) in [4.78, 5) is 13.1. The largest absolute Gasteiger partial charge is 0.464 e. The molecule has 0 aliphatic carbocycles. The fraction of sp³-hybridized carbons (Fsp3) is 0.182. The summed E-state index contributed by atoms with van der Waals surface area (Å²) in [7, 11) is 0. The monoisotopic (exact) mass is 331 g/mol. The van der Waals surface area contributed by atoms with E-state index in [2.05, 4.69) is 20.4 Å². The number of hydrazine groups is 1. The fourth-order valence-electron chi connectivity index (χ4n) is 1.29. The summed E-state index contributed by atoms with van der Waals surface area (Å²) in [6, 6.07) is 5.46. The normalized spacial score (nSPS) is 10.4. The summed E-state index contributed by atoms with van der Waals surface area (Å²) >= 11 is 13.1. The van der Waals surface area contributed by atoms with Crippen LogP contribution in [0.15, 0.2) is 28.3 Å². The zero-order valence-corrected chi connectivity index (χ0v) is 12.8.